The van der Waals surface area contributed by atoms with E-state index in [4.69, 9.17) is 0 Å². The van der Waals surface area contributed by atoms with E-state index in [1.54, 1.807) is 11.6 Å². The van der Waals surface area contributed by atoms with Crippen LogP contribution < -0.4 is 10.0 Å². The first-order chi connectivity index (χ1) is 8.76. The Hall–Kier alpha value is -0.380. The van der Waals surface area contributed by atoms with Crippen molar-refractivity contribution in [1.29, 1.82) is 0 Å². The van der Waals surface area contributed by atoms with Gasteiger partial charge in [0.15, 0.2) is 0 Å². The van der Waals surface area contributed by atoms with Crippen LogP contribution in [-0.4, -0.2) is 51.1 Å². The van der Waals surface area contributed by atoms with Gasteiger partial charge in [0.25, 0.3) is 10.2 Å². The van der Waals surface area contributed by atoms with Gasteiger partial charge in [-0.3, -0.25) is 0 Å². The second-order valence-corrected chi connectivity index (χ2v) is 6.24. The van der Waals surface area contributed by atoms with E-state index in [-0.39, 0.29) is 12.6 Å². The quantitative estimate of drug-likeness (QED) is 0.764. The molecule has 0 radical (unpaired) electrons. The van der Waals surface area contributed by atoms with Crippen LogP contribution in [0.3, 0.4) is 0 Å². The zero-order chi connectivity index (χ0) is 14.5. The summed E-state index contributed by atoms with van der Waals surface area (Å²) in [5, 5.41) is 3.10. The molecule has 1 aliphatic rings. The molecular formula is C10H20F3N3O2S. The Bertz CT molecular complexity index is 367. The molecule has 0 aliphatic carbocycles. The van der Waals surface area contributed by atoms with Gasteiger partial charge in [-0.2, -0.15) is 30.6 Å². The maximum atomic E-state index is 12.1. The fourth-order valence-corrected chi connectivity index (χ4v) is 3.61. The molecule has 0 amide bonds. The zero-order valence-electron chi connectivity index (χ0n) is 10.8. The van der Waals surface area contributed by atoms with E-state index < -0.39 is 22.9 Å². The maximum absolute atomic E-state index is 12.1. The lowest BCUT2D eigenvalue weighted by molar-refractivity contribution is -0.121. The van der Waals surface area contributed by atoms with Crippen molar-refractivity contribution < 1.29 is 21.6 Å². The smallest absolute Gasteiger partial charge is 0.317 e. The molecule has 1 saturated heterocycles. The number of alkyl halides is 3. The van der Waals surface area contributed by atoms with Gasteiger partial charge in [0.05, 0.1) is 0 Å². The summed E-state index contributed by atoms with van der Waals surface area (Å²) in [6.45, 7) is 1.87. The van der Waals surface area contributed by atoms with Crippen molar-refractivity contribution >= 4 is 10.2 Å². The molecule has 0 aromatic carbocycles. The van der Waals surface area contributed by atoms with Crippen LogP contribution in [0.5, 0.6) is 0 Å². The van der Waals surface area contributed by atoms with Crippen LogP contribution in [0.2, 0.25) is 0 Å². The molecule has 114 valence electrons. The van der Waals surface area contributed by atoms with Crippen molar-refractivity contribution in [1.82, 2.24) is 14.3 Å². The molecule has 1 aliphatic heterocycles. The van der Waals surface area contributed by atoms with E-state index >= 15 is 0 Å². The molecule has 0 atom stereocenters. The van der Waals surface area contributed by atoms with Crippen LogP contribution in [0, 0.1) is 0 Å². The minimum atomic E-state index is -4.54. The molecule has 0 bridgehead atoms. The molecule has 0 aromatic rings. The van der Waals surface area contributed by atoms with Crippen LogP contribution in [0.25, 0.3) is 0 Å². The maximum Gasteiger partial charge on any atom is 0.402 e. The molecular weight excluding hydrogens is 283 g/mol. The molecule has 0 saturated carbocycles. The first-order valence-corrected chi connectivity index (χ1v) is 7.74. The van der Waals surface area contributed by atoms with Crippen molar-refractivity contribution in [3.63, 3.8) is 0 Å². The molecule has 5 nitrogen and oxygen atoms in total. The van der Waals surface area contributed by atoms with Crippen molar-refractivity contribution in [2.24, 2.45) is 0 Å². The Morgan fingerprint density at radius 1 is 1.32 bits per heavy atom. The highest BCUT2D eigenvalue weighted by Gasteiger charge is 2.34. The third-order valence-electron chi connectivity index (χ3n) is 2.92. The monoisotopic (exact) mass is 303 g/mol. The third-order valence-corrected chi connectivity index (χ3v) is 4.53. The Balaban J connectivity index is 2.72. The summed E-state index contributed by atoms with van der Waals surface area (Å²) in [4.78, 5) is 0. The highest BCUT2D eigenvalue weighted by atomic mass is 32.2. The summed E-state index contributed by atoms with van der Waals surface area (Å²) in [6, 6.07) is -0.230. The molecule has 1 heterocycles. The Kier molecular flexibility index (Phi) is 6.03. The minimum Gasteiger partial charge on any atom is -0.317 e. The van der Waals surface area contributed by atoms with Gasteiger partial charge >= 0.3 is 6.18 Å². The van der Waals surface area contributed by atoms with E-state index in [1.807, 2.05) is 0 Å². The number of halogens is 3. The average Bonchev–Trinajstić information content (AvgIpc) is 2.34. The van der Waals surface area contributed by atoms with Gasteiger partial charge in [-0.25, -0.2) is 0 Å². The van der Waals surface area contributed by atoms with E-state index in [1.165, 1.54) is 4.31 Å². The Labute approximate surface area is 111 Å². The average molecular weight is 303 g/mol. The predicted octanol–water partition coefficient (Wildman–Crippen LogP) is 0.847. The molecule has 0 spiro atoms. The molecule has 0 unspecified atom stereocenters. The fourth-order valence-electron chi connectivity index (χ4n) is 2.07. The van der Waals surface area contributed by atoms with Gasteiger partial charge in [-0.15, -0.1) is 0 Å². The topological polar surface area (TPSA) is 61.4 Å². The normalized spacial score (nSPS) is 19.0. The van der Waals surface area contributed by atoms with E-state index in [2.05, 4.69) is 5.32 Å². The van der Waals surface area contributed by atoms with Gasteiger partial charge in [-0.1, -0.05) is 6.92 Å². The Morgan fingerprint density at radius 2 is 1.89 bits per heavy atom. The van der Waals surface area contributed by atoms with E-state index in [0.717, 1.165) is 0 Å². The summed E-state index contributed by atoms with van der Waals surface area (Å²) in [5.74, 6) is 0. The van der Waals surface area contributed by atoms with Crippen molar-refractivity contribution in [2.45, 2.75) is 38.4 Å². The van der Waals surface area contributed by atoms with Gasteiger partial charge < -0.3 is 5.32 Å². The van der Waals surface area contributed by atoms with Crippen LogP contribution >= 0.6 is 0 Å². The zero-order valence-corrected chi connectivity index (χ0v) is 11.6. The highest BCUT2D eigenvalue weighted by molar-refractivity contribution is 7.87. The van der Waals surface area contributed by atoms with Crippen LogP contribution in [0.4, 0.5) is 13.2 Å². The standard InChI is InChI=1S/C10H20F3N3O2S/c1-2-7-16(9-3-5-14-6-4-9)19(17,18)15-8-10(11,12)13/h9,14-15H,2-8H2,1H3. The molecule has 1 fully saturated rings. The second-order valence-electron chi connectivity index (χ2n) is 4.53. The van der Waals surface area contributed by atoms with Crippen molar-refractivity contribution in [3.05, 3.63) is 0 Å². The van der Waals surface area contributed by atoms with Gasteiger partial charge in [0.1, 0.15) is 6.54 Å². The van der Waals surface area contributed by atoms with E-state index in [0.29, 0.717) is 32.4 Å². The SMILES string of the molecule is CCCN(C1CCNCC1)S(=O)(=O)NCC(F)(F)F. The number of hydrogen-bond donors (Lipinski definition) is 2. The Morgan fingerprint density at radius 3 is 2.37 bits per heavy atom. The van der Waals surface area contributed by atoms with Gasteiger partial charge in [0.2, 0.25) is 0 Å². The number of nitrogens with zero attached hydrogens (tertiary/aromatic N) is 1. The predicted molar refractivity (Wildman–Crippen MR) is 65.9 cm³/mol. The summed E-state index contributed by atoms with van der Waals surface area (Å²) >= 11 is 0. The molecule has 1 rings (SSSR count). The van der Waals surface area contributed by atoms with Gasteiger partial charge in [0, 0.05) is 12.6 Å². The molecule has 19 heavy (non-hydrogen) atoms. The first kappa shape index (κ1) is 16.7. The highest BCUT2D eigenvalue weighted by Crippen LogP contribution is 2.18. The first-order valence-electron chi connectivity index (χ1n) is 6.30. The minimum absolute atomic E-state index is 0.230. The van der Waals surface area contributed by atoms with Crippen LogP contribution in [0.1, 0.15) is 26.2 Å². The van der Waals surface area contributed by atoms with Crippen molar-refractivity contribution in [3.8, 4) is 0 Å². The number of hydrogen-bond acceptors (Lipinski definition) is 3. The van der Waals surface area contributed by atoms with Crippen LogP contribution in [-0.2, 0) is 10.2 Å². The summed E-state index contributed by atoms with van der Waals surface area (Å²) < 4.78 is 63.1. The lowest BCUT2D eigenvalue weighted by Crippen LogP contribution is -2.51. The van der Waals surface area contributed by atoms with E-state index in [9.17, 15) is 21.6 Å². The molecule has 0 aromatic heterocycles. The van der Waals surface area contributed by atoms with Gasteiger partial charge in [-0.05, 0) is 32.4 Å². The number of piperidine rings is 1. The fraction of sp³-hybridized carbons (Fsp3) is 1.00. The lowest BCUT2D eigenvalue weighted by Gasteiger charge is -2.33. The van der Waals surface area contributed by atoms with Crippen molar-refractivity contribution in [2.75, 3.05) is 26.2 Å². The summed E-state index contributed by atoms with van der Waals surface area (Å²) in [7, 11) is -4.08. The van der Waals surface area contributed by atoms with Crippen LogP contribution in [0.15, 0.2) is 0 Å². The lowest BCUT2D eigenvalue weighted by atomic mass is 10.1. The number of rotatable bonds is 6. The molecule has 9 heteroatoms. The molecule has 2 N–H and O–H groups in total. The second kappa shape index (κ2) is 6.87. The summed E-state index contributed by atoms with van der Waals surface area (Å²) in [5.41, 5.74) is 0. The number of nitrogens with one attached hydrogen (secondary N) is 2. The third kappa shape index (κ3) is 5.64. The summed E-state index contributed by atoms with van der Waals surface area (Å²) in [6.07, 6.45) is -2.74. The largest absolute Gasteiger partial charge is 0.402 e.